The lowest BCUT2D eigenvalue weighted by Crippen LogP contribution is -2.33. The molecule has 1 aromatic rings. The quantitative estimate of drug-likeness (QED) is 0.455. The number of carbonyl (C=O) groups excluding carboxylic acids is 2. The fourth-order valence-corrected chi connectivity index (χ4v) is 1.94. The molecule has 0 fully saturated rings. The van der Waals surface area contributed by atoms with E-state index in [1.54, 1.807) is 19.9 Å². The second-order valence-electron chi connectivity index (χ2n) is 4.82. The maximum atomic E-state index is 12.2. The lowest BCUT2D eigenvalue weighted by atomic mass is 10.1. The third-order valence-corrected chi connectivity index (χ3v) is 3.17. The summed E-state index contributed by atoms with van der Waals surface area (Å²) in [6.45, 7) is 7.01. The van der Waals surface area contributed by atoms with Crippen LogP contribution >= 0.6 is 0 Å². The van der Waals surface area contributed by atoms with Crippen LogP contribution in [0.3, 0.4) is 0 Å². The van der Waals surface area contributed by atoms with Crippen LogP contribution < -0.4 is 5.56 Å². The van der Waals surface area contributed by atoms with E-state index in [9.17, 15) is 14.4 Å². The van der Waals surface area contributed by atoms with Crippen LogP contribution in [0.5, 0.6) is 0 Å². The van der Waals surface area contributed by atoms with E-state index < -0.39 is 17.6 Å². The number of carbonyl (C=O) groups is 2. The molecule has 0 saturated carbocycles. The van der Waals surface area contributed by atoms with Crippen molar-refractivity contribution in [3.8, 4) is 0 Å². The molecular formula is C15H21NO4. The molecule has 0 aromatic carbocycles. The number of hydrogen-bond donors (Lipinski definition) is 0. The molecule has 0 saturated heterocycles. The molecule has 5 nitrogen and oxygen atoms in total. The molecule has 1 unspecified atom stereocenters. The second-order valence-corrected chi connectivity index (χ2v) is 4.82. The zero-order valence-corrected chi connectivity index (χ0v) is 12.4. The summed E-state index contributed by atoms with van der Waals surface area (Å²) in [5.41, 5.74) is 0.265. The average Bonchev–Trinajstić information content (AvgIpc) is 2.38. The maximum Gasteiger partial charge on any atom is 0.328 e. The number of esters is 1. The first-order chi connectivity index (χ1) is 9.40. The molecule has 5 heteroatoms. The second kappa shape index (κ2) is 7.03. The van der Waals surface area contributed by atoms with Crippen LogP contribution in [0.25, 0.3) is 0 Å². The molecule has 20 heavy (non-hydrogen) atoms. The van der Waals surface area contributed by atoms with Crippen molar-refractivity contribution in [3.05, 3.63) is 33.7 Å². The number of ether oxygens (including phenoxy) is 1. The van der Waals surface area contributed by atoms with Crippen molar-refractivity contribution in [2.24, 2.45) is 0 Å². The van der Waals surface area contributed by atoms with Crippen LogP contribution in [0.15, 0.2) is 16.9 Å². The van der Waals surface area contributed by atoms with Crippen molar-refractivity contribution >= 4 is 11.8 Å². The Morgan fingerprint density at radius 3 is 2.55 bits per heavy atom. The van der Waals surface area contributed by atoms with Crippen molar-refractivity contribution in [2.75, 3.05) is 6.61 Å². The van der Waals surface area contributed by atoms with E-state index in [-0.39, 0.29) is 11.3 Å². The van der Waals surface area contributed by atoms with Gasteiger partial charge in [-0.3, -0.25) is 14.2 Å². The summed E-state index contributed by atoms with van der Waals surface area (Å²) in [7, 11) is 0. The van der Waals surface area contributed by atoms with Gasteiger partial charge in [0, 0.05) is 5.69 Å². The fourth-order valence-electron chi connectivity index (χ4n) is 1.94. The molecule has 0 aliphatic heterocycles. The Kier molecular flexibility index (Phi) is 5.67. The molecule has 1 rings (SSSR count). The van der Waals surface area contributed by atoms with E-state index in [1.807, 2.05) is 6.92 Å². The zero-order chi connectivity index (χ0) is 15.3. The van der Waals surface area contributed by atoms with Gasteiger partial charge in [0.15, 0.2) is 5.78 Å². The Balaban J connectivity index is 3.06. The monoisotopic (exact) mass is 279 g/mol. The first-order valence-electron chi connectivity index (χ1n) is 6.79. The van der Waals surface area contributed by atoms with Gasteiger partial charge in [-0.05, 0) is 39.3 Å². The topological polar surface area (TPSA) is 65.4 Å². The van der Waals surface area contributed by atoms with E-state index in [4.69, 9.17) is 4.74 Å². The van der Waals surface area contributed by atoms with Gasteiger partial charge in [-0.1, -0.05) is 13.3 Å². The highest BCUT2D eigenvalue weighted by molar-refractivity contribution is 5.93. The van der Waals surface area contributed by atoms with E-state index in [0.717, 1.165) is 12.8 Å². The first-order valence-corrected chi connectivity index (χ1v) is 6.79. The Hall–Kier alpha value is -1.91. The molecule has 0 spiro atoms. The minimum Gasteiger partial charge on any atom is -0.464 e. The van der Waals surface area contributed by atoms with Gasteiger partial charge in [0.05, 0.1) is 12.2 Å². The number of Topliss-reactive ketones (excluding diaryl/α,β-unsaturated/α-hetero) is 1. The van der Waals surface area contributed by atoms with E-state index in [1.165, 1.54) is 17.6 Å². The number of pyridine rings is 1. The number of aryl methyl sites for hydroxylation is 1. The largest absolute Gasteiger partial charge is 0.464 e. The Morgan fingerprint density at radius 2 is 2.00 bits per heavy atom. The predicted molar refractivity (Wildman–Crippen MR) is 76.0 cm³/mol. The molecule has 1 heterocycles. The number of nitrogens with zero attached hydrogens (tertiary/aromatic N) is 1. The zero-order valence-electron chi connectivity index (χ0n) is 12.4. The van der Waals surface area contributed by atoms with E-state index >= 15 is 0 Å². The van der Waals surface area contributed by atoms with Crippen LogP contribution in [0, 0.1) is 6.92 Å². The highest BCUT2D eigenvalue weighted by Crippen LogP contribution is 2.10. The molecule has 110 valence electrons. The minimum atomic E-state index is -0.737. The fraction of sp³-hybridized carbons (Fsp3) is 0.533. The van der Waals surface area contributed by atoms with Gasteiger partial charge in [-0.25, -0.2) is 4.79 Å². The lowest BCUT2D eigenvalue weighted by molar-refractivity contribution is -0.147. The summed E-state index contributed by atoms with van der Waals surface area (Å²) in [6, 6.07) is 2.42. The predicted octanol–water partition coefficient (Wildman–Crippen LogP) is 2.26. The summed E-state index contributed by atoms with van der Waals surface area (Å²) in [6.07, 6.45) is 1.72. The van der Waals surface area contributed by atoms with Crippen molar-refractivity contribution in [1.82, 2.24) is 4.57 Å². The Bertz CT molecular complexity index is 559. The van der Waals surface area contributed by atoms with E-state index in [0.29, 0.717) is 12.3 Å². The van der Waals surface area contributed by atoms with Gasteiger partial charge >= 0.3 is 5.97 Å². The Morgan fingerprint density at radius 1 is 1.35 bits per heavy atom. The average molecular weight is 279 g/mol. The van der Waals surface area contributed by atoms with Gasteiger partial charge in [0.1, 0.15) is 6.04 Å². The van der Waals surface area contributed by atoms with Gasteiger partial charge in [-0.2, -0.15) is 0 Å². The van der Waals surface area contributed by atoms with Crippen molar-refractivity contribution in [3.63, 3.8) is 0 Å². The normalized spacial score (nSPS) is 12.0. The highest BCUT2D eigenvalue weighted by atomic mass is 16.5. The van der Waals surface area contributed by atoms with E-state index in [2.05, 4.69) is 0 Å². The molecule has 0 radical (unpaired) electrons. The standard InChI is InChI=1S/C15H21NO4/c1-5-6-9-20-15(19)11(3)16-10(2)7-8-13(12(4)17)14(16)18/h7-8,11H,5-6,9H2,1-4H3. The number of unbranched alkanes of at least 4 members (excludes halogenated alkanes) is 1. The van der Waals surface area contributed by atoms with Crippen LogP contribution in [-0.4, -0.2) is 22.9 Å². The maximum absolute atomic E-state index is 12.2. The third-order valence-electron chi connectivity index (χ3n) is 3.17. The first kappa shape index (κ1) is 16.1. The minimum absolute atomic E-state index is 0.0869. The number of hydrogen-bond acceptors (Lipinski definition) is 4. The van der Waals surface area contributed by atoms with Crippen LogP contribution in [0.2, 0.25) is 0 Å². The van der Waals surface area contributed by atoms with Crippen LogP contribution in [-0.2, 0) is 9.53 Å². The summed E-state index contributed by atoms with van der Waals surface area (Å²) in [5, 5.41) is 0. The van der Waals surface area contributed by atoms with Crippen LogP contribution in [0.1, 0.15) is 55.7 Å². The molecule has 0 aliphatic carbocycles. The molecule has 0 N–H and O–H groups in total. The lowest BCUT2D eigenvalue weighted by Gasteiger charge is -2.17. The summed E-state index contributed by atoms with van der Waals surface area (Å²) in [5.74, 6) is -0.764. The summed E-state index contributed by atoms with van der Waals surface area (Å²) >= 11 is 0. The molecule has 1 aromatic heterocycles. The molecule has 0 amide bonds. The Labute approximate surface area is 118 Å². The summed E-state index contributed by atoms with van der Waals surface area (Å²) < 4.78 is 6.44. The van der Waals surface area contributed by atoms with Gasteiger partial charge in [0.25, 0.3) is 5.56 Å². The molecule has 0 bridgehead atoms. The summed E-state index contributed by atoms with van der Waals surface area (Å²) in [4.78, 5) is 35.6. The van der Waals surface area contributed by atoms with Crippen molar-refractivity contribution in [1.29, 1.82) is 0 Å². The highest BCUT2D eigenvalue weighted by Gasteiger charge is 2.21. The SMILES string of the molecule is CCCCOC(=O)C(C)n1c(C)ccc(C(C)=O)c1=O. The molecular weight excluding hydrogens is 258 g/mol. The van der Waals surface area contributed by atoms with Crippen LogP contribution in [0.4, 0.5) is 0 Å². The smallest absolute Gasteiger partial charge is 0.328 e. The number of ketones is 1. The van der Waals surface area contributed by atoms with Crippen molar-refractivity contribution in [2.45, 2.75) is 46.6 Å². The number of aromatic nitrogens is 1. The van der Waals surface area contributed by atoms with Gasteiger partial charge in [0.2, 0.25) is 0 Å². The van der Waals surface area contributed by atoms with Crippen molar-refractivity contribution < 1.29 is 14.3 Å². The van der Waals surface area contributed by atoms with Gasteiger partial charge < -0.3 is 4.74 Å². The number of rotatable bonds is 6. The molecule has 0 aliphatic rings. The third kappa shape index (κ3) is 3.56. The van der Waals surface area contributed by atoms with Gasteiger partial charge in [-0.15, -0.1) is 0 Å². The molecule has 1 atom stereocenters.